The minimum Gasteiger partial charge on any atom is -0.380 e. The molecule has 0 saturated heterocycles. The first kappa shape index (κ1) is 69.3. The molecular formula is C54H82FN10O12P. The molecule has 5 rings (SSSR count). The van der Waals surface area contributed by atoms with Gasteiger partial charge in [0.1, 0.15) is 31.2 Å². The fourth-order valence-electron chi connectivity index (χ4n) is 8.62. The molecule has 432 valence electrons. The predicted octanol–water partition coefficient (Wildman–Crippen LogP) is 2.41. The number of unbranched alkanes of at least 4 members (excludes halogenated alkanes) is 1. The second-order valence-corrected chi connectivity index (χ2v) is 19.1. The molecule has 4 unspecified atom stereocenters. The zero-order valence-corrected chi connectivity index (χ0v) is 47.7. The van der Waals surface area contributed by atoms with E-state index < -0.39 is 36.1 Å². The Labute approximate surface area is 458 Å². The van der Waals surface area contributed by atoms with Crippen molar-refractivity contribution >= 4 is 81.4 Å². The molecular weight excluding hydrogens is 1030 g/mol. The van der Waals surface area contributed by atoms with Crippen LogP contribution in [0.15, 0.2) is 16.9 Å². The Morgan fingerprint density at radius 1 is 0.936 bits per heavy atom. The van der Waals surface area contributed by atoms with Crippen LogP contribution in [0.25, 0.3) is 22.3 Å². The lowest BCUT2D eigenvalue weighted by Gasteiger charge is -2.33. The number of halogens is 1. The maximum atomic E-state index is 14.9. The highest BCUT2D eigenvalue weighted by atomic mass is 31.0. The molecule has 78 heavy (non-hydrogen) atoms. The number of hydrogen-bond acceptors (Lipinski definition) is 15. The molecule has 0 saturated carbocycles. The molecule has 1 aliphatic heterocycles. The van der Waals surface area contributed by atoms with Gasteiger partial charge in [-0.15, -0.1) is 9.24 Å². The minimum absolute atomic E-state index is 0.0996. The highest BCUT2D eigenvalue weighted by Crippen LogP contribution is 2.46. The molecule has 7 amide bonds. The van der Waals surface area contributed by atoms with Crippen molar-refractivity contribution in [3.63, 3.8) is 0 Å². The van der Waals surface area contributed by atoms with Crippen LogP contribution in [0, 0.1) is 18.7 Å². The van der Waals surface area contributed by atoms with Gasteiger partial charge < -0.3 is 61.3 Å². The lowest BCUT2D eigenvalue weighted by Crippen LogP contribution is -2.44. The number of benzene rings is 1. The van der Waals surface area contributed by atoms with Gasteiger partial charge in [0.15, 0.2) is 0 Å². The first-order chi connectivity index (χ1) is 37.3. The number of nitrogens with two attached hydrogens (primary N) is 2. The average Bonchev–Trinajstić information content (AvgIpc) is 3.79. The number of imide groups is 1. The number of methoxy groups -OCH3 is 1. The predicted molar refractivity (Wildman–Crippen MR) is 298 cm³/mol. The van der Waals surface area contributed by atoms with Crippen LogP contribution < -0.4 is 38.3 Å². The van der Waals surface area contributed by atoms with Crippen LogP contribution in [-0.4, -0.2) is 148 Å². The Bertz CT molecular complexity index is 2560. The topological polar surface area (TPSA) is 321 Å². The molecule has 2 aliphatic rings. The van der Waals surface area contributed by atoms with Gasteiger partial charge in [-0.2, -0.15) is 0 Å². The summed E-state index contributed by atoms with van der Waals surface area (Å²) in [7, 11) is 10.0. The summed E-state index contributed by atoms with van der Waals surface area (Å²) in [5.74, 6) is -2.86. The number of likely N-dealkylation sites (N-methyl/N-ethyl adjacent to an activating group) is 1. The van der Waals surface area contributed by atoms with Crippen molar-refractivity contribution in [2.24, 2.45) is 17.4 Å². The third-order valence-corrected chi connectivity index (χ3v) is 13.0. The van der Waals surface area contributed by atoms with E-state index >= 15 is 0 Å². The molecule has 3 heterocycles. The molecule has 1 aliphatic carbocycles. The Hall–Kier alpha value is -6.68. The fourth-order valence-corrected chi connectivity index (χ4v) is 8.83. The van der Waals surface area contributed by atoms with E-state index in [4.69, 9.17) is 20.2 Å². The van der Waals surface area contributed by atoms with Crippen molar-refractivity contribution in [2.75, 3.05) is 67.1 Å². The number of aryl methyl sites for hydroxylation is 1. The maximum Gasteiger partial charge on any atom is 0.257 e. The van der Waals surface area contributed by atoms with Gasteiger partial charge in [0.25, 0.3) is 5.56 Å². The first-order valence-corrected chi connectivity index (χ1v) is 26.9. The Morgan fingerprint density at radius 3 is 2.14 bits per heavy atom. The lowest BCUT2D eigenvalue weighted by molar-refractivity contribution is -0.142. The van der Waals surface area contributed by atoms with Crippen molar-refractivity contribution in [3.8, 4) is 11.4 Å². The zero-order chi connectivity index (χ0) is 58.9. The van der Waals surface area contributed by atoms with Crippen LogP contribution in [0.3, 0.4) is 0 Å². The van der Waals surface area contributed by atoms with Crippen LogP contribution in [0.1, 0.15) is 130 Å². The van der Waals surface area contributed by atoms with Gasteiger partial charge in [0.2, 0.25) is 42.4 Å². The van der Waals surface area contributed by atoms with E-state index in [-0.39, 0.29) is 68.2 Å². The smallest absolute Gasteiger partial charge is 0.257 e. The second-order valence-electron chi connectivity index (χ2n) is 18.5. The molecule has 2 aromatic heterocycles. The van der Waals surface area contributed by atoms with Crippen molar-refractivity contribution in [1.29, 1.82) is 0 Å². The summed E-state index contributed by atoms with van der Waals surface area (Å²) in [4.78, 5) is 128. The highest BCUT2D eigenvalue weighted by molar-refractivity contribution is 7.16. The van der Waals surface area contributed by atoms with E-state index in [1.54, 1.807) is 25.6 Å². The standard InChI is InChI=1S/C27H30FN3O3.C12H24NO2P.C11H18N4O5.C3H7NO.CH3NO/c1-6-15(12-32)17-9-23-26-18(11-31(23)27(33)19(17)13-34-5)25-22(30(3)4)8-7-16-14(2)20(28)10-21(29-26)24(16)25;1-2-3-5-11(10-14)7-8-13-12(15)6-4-9-16;1-2-3-11(20)15(7-16)6-10(19)14-5-9(18)13-4-8(12)17;1-4-2-3-5;2-1-3/h9-10,12,15,22H,6-8,11,13H2,1-5H3;10-11H,2-9,16H2,1H3,(H,13,15);7H,2-6H2,1H3,(H2,12,17)(H,13,18)(H,14,19);3-4H,2H2,1H3;1H,(H2,2,3). The first-order valence-electron chi connectivity index (χ1n) is 26.0. The summed E-state index contributed by atoms with van der Waals surface area (Å²) >= 11 is 0. The Balaban J connectivity index is 0.000000591. The van der Waals surface area contributed by atoms with Gasteiger partial charge in [-0.25, -0.2) is 9.37 Å². The number of carbonyl (C=O) groups excluding carboxylic acids is 10. The average molecular weight is 1110 g/mol. The molecule has 0 bridgehead atoms. The van der Waals surface area contributed by atoms with Crippen molar-refractivity contribution < 1.29 is 57.1 Å². The van der Waals surface area contributed by atoms with Crippen LogP contribution in [0.5, 0.6) is 0 Å². The zero-order valence-electron chi connectivity index (χ0n) is 46.5. The Kier molecular flexibility index (Phi) is 33.8. The van der Waals surface area contributed by atoms with Gasteiger partial charge in [-0.3, -0.25) is 43.3 Å². The monoisotopic (exact) mass is 1110 g/mol. The largest absolute Gasteiger partial charge is 0.380 e. The number of amides is 7. The molecule has 0 fully saturated rings. The third kappa shape index (κ3) is 21.6. The summed E-state index contributed by atoms with van der Waals surface area (Å²) in [5.41, 5.74) is 16.0. The van der Waals surface area contributed by atoms with E-state index in [9.17, 15) is 52.3 Å². The molecule has 22 nitrogen and oxygen atoms in total. The van der Waals surface area contributed by atoms with E-state index in [1.807, 2.05) is 19.9 Å². The summed E-state index contributed by atoms with van der Waals surface area (Å²) in [6.07, 6.45) is 12.6. The Morgan fingerprint density at radius 2 is 1.62 bits per heavy atom. The number of fused-ring (bicyclic) bond motifs is 4. The molecule has 1 aromatic carbocycles. The quantitative estimate of drug-likeness (QED) is 0.0369. The number of nitrogens with zero attached hydrogens (tertiary/aromatic N) is 4. The van der Waals surface area contributed by atoms with E-state index in [0.717, 1.165) is 96.9 Å². The SMILES string of the molecule is CCC(C=O)c1cc2n(c(=O)c1COC)Cc1c-2nc2cc(F)c(C)c3c2c1C(N(C)C)CC3.CCCC(=O)N(C=O)CC(=O)NCC(=O)NCC(N)=O.CCCCC(C=O)CCNC(=O)CCCP.CNCC=O.NC=O. The third-order valence-electron chi connectivity index (χ3n) is 12.6. The number of nitrogens with one attached hydrogen (secondary N) is 4. The summed E-state index contributed by atoms with van der Waals surface area (Å²) in [6, 6.07) is 3.60. The molecule has 0 spiro atoms. The molecule has 24 heteroatoms. The summed E-state index contributed by atoms with van der Waals surface area (Å²) in [5, 5.41) is 10.9. The van der Waals surface area contributed by atoms with Crippen molar-refractivity contribution in [1.82, 2.24) is 40.6 Å². The lowest BCUT2D eigenvalue weighted by atomic mass is 9.81. The maximum absolute atomic E-state index is 14.9. The highest BCUT2D eigenvalue weighted by Gasteiger charge is 2.35. The van der Waals surface area contributed by atoms with Crippen LogP contribution in [0.4, 0.5) is 4.39 Å². The minimum atomic E-state index is -0.707. The van der Waals surface area contributed by atoms with Crippen molar-refractivity contribution in [3.05, 3.63) is 61.7 Å². The number of pyridine rings is 2. The molecule has 4 atom stereocenters. The number of carbonyl (C=O) groups is 10. The number of rotatable bonds is 27. The second kappa shape index (κ2) is 38.0. The van der Waals surface area contributed by atoms with Gasteiger partial charge in [-0.05, 0) is 107 Å². The van der Waals surface area contributed by atoms with Gasteiger partial charge in [-0.1, -0.05) is 33.6 Å². The summed E-state index contributed by atoms with van der Waals surface area (Å²) < 4.78 is 21.9. The van der Waals surface area contributed by atoms with Crippen LogP contribution >= 0.6 is 9.24 Å². The number of ether oxygens (including phenoxy) is 1. The van der Waals surface area contributed by atoms with Crippen molar-refractivity contribution in [2.45, 2.75) is 123 Å². The van der Waals surface area contributed by atoms with Gasteiger partial charge in [0.05, 0.1) is 49.7 Å². The fraction of sp³-hybridized carbons (Fsp3) is 0.556. The van der Waals surface area contributed by atoms with Gasteiger partial charge in [0, 0.05) is 67.0 Å². The van der Waals surface area contributed by atoms with Crippen LogP contribution in [-0.2, 0) is 72.3 Å². The van der Waals surface area contributed by atoms with E-state index in [0.29, 0.717) is 72.5 Å². The number of aldehydes is 3. The summed E-state index contributed by atoms with van der Waals surface area (Å²) in [6.45, 7) is 8.14. The number of primary amides is 2. The molecule has 8 N–H and O–H groups in total. The molecule has 0 radical (unpaired) electrons. The number of aromatic nitrogens is 2. The number of hydrogen-bond donors (Lipinski definition) is 6. The normalized spacial score (nSPS) is 13.0. The van der Waals surface area contributed by atoms with Gasteiger partial charge >= 0.3 is 0 Å². The van der Waals surface area contributed by atoms with Crippen LogP contribution in [0.2, 0.25) is 0 Å². The van der Waals surface area contributed by atoms with E-state index in [1.165, 1.54) is 6.07 Å². The van der Waals surface area contributed by atoms with E-state index in [2.05, 4.69) is 62.2 Å². The molecule has 3 aromatic rings.